The van der Waals surface area contributed by atoms with Gasteiger partial charge in [-0.3, -0.25) is 5.32 Å². The molecule has 4 rings (SSSR count). The SMILES string of the molecule is Cc1cc(CNC(c2ccccc2)c2nc(-c3ccccc3)no2)no1. The molecule has 1 unspecified atom stereocenters. The van der Waals surface area contributed by atoms with Crippen LogP contribution in [-0.2, 0) is 6.54 Å². The minimum Gasteiger partial charge on any atom is -0.361 e. The predicted molar refractivity (Wildman–Crippen MR) is 96.1 cm³/mol. The molecular weight excluding hydrogens is 328 g/mol. The van der Waals surface area contributed by atoms with Crippen LogP contribution in [0.15, 0.2) is 75.8 Å². The summed E-state index contributed by atoms with van der Waals surface area (Å²) in [6.45, 7) is 2.40. The van der Waals surface area contributed by atoms with Crippen LogP contribution in [0.25, 0.3) is 11.4 Å². The first-order chi connectivity index (χ1) is 12.8. The predicted octanol–water partition coefficient (Wildman–Crippen LogP) is 3.91. The van der Waals surface area contributed by atoms with Gasteiger partial charge in [-0.2, -0.15) is 4.98 Å². The molecule has 6 heteroatoms. The number of aromatic nitrogens is 3. The molecule has 0 aliphatic carbocycles. The molecule has 0 fully saturated rings. The maximum Gasteiger partial charge on any atom is 0.248 e. The van der Waals surface area contributed by atoms with Crippen molar-refractivity contribution < 1.29 is 9.05 Å². The fraction of sp³-hybridized carbons (Fsp3) is 0.150. The molecule has 1 atom stereocenters. The average Bonchev–Trinajstić information content (AvgIpc) is 3.33. The Labute approximate surface area is 150 Å². The highest BCUT2D eigenvalue weighted by atomic mass is 16.5. The van der Waals surface area contributed by atoms with E-state index >= 15 is 0 Å². The van der Waals surface area contributed by atoms with Gasteiger partial charge in [-0.15, -0.1) is 0 Å². The first-order valence-corrected chi connectivity index (χ1v) is 8.39. The molecule has 0 spiro atoms. The molecule has 2 aromatic heterocycles. The molecule has 0 saturated carbocycles. The van der Waals surface area contributed by atoms with E-state index in [1.54, 1.807) is 0 Å². The Morgan fingerprint density at radius 2 is 1.65 bits per heavy atom. The van der Waals surface area contributed by atoms with Crippen molar-refractivity contribution >= 4 is 0 Å². The van der Waals surface area contributed by atoms with Gasteiger partial charge in [0.2, 0.25) is 11.7 Å². The van der Waals surface area contributed by atoms with Gasteiger partial charge in [0.25, 0.3) is 0 Å². The molecule has 2 aromatic carbocycles. The first kappa shape index (κ1) is 16.2. The largest absolute Gasteiger partial charge is 0.361 e. The van der Waals surface area contributed by atoms with Crippen LogP contribution in [0.4, 0.5) is 0 Å². The summed E-state index contributed by atoms with van der Waals surface area (Å²) in [5, 5.41) is 11.6. The van der Waals surface area contributed by atoms with Gasteiger partial charge in [0, 0.05) is 18.2 Å². The lowest BCUT2D eigenvalue weighted by atomic mass is 10.1. The molecule has 26 heavy (non-hydrogen) atoms. The molecule has 0 saturated heterocycles. The van der Waals surface area contributed by atoms with E-state index in [-0.39, 0.29) is 6.04 Å². The Morgan fingerprint density at radius 1 is 0.923 bits per heavy atom. The lowest BCUT2D eigenvalue weighted by Gasteiger charge is -2.14. The van der Waals surface area contributed by atoms with E-state index in [2.05, 4.69) is 20.6 Å². The van der Waals surface area contributed by atoms with Gasteiger partial charge in [-0.05, 0) is 12.5 Å². The minimum atomic E-state index is -0.238. The van der Waals surface area contributed by atoms with Crippen LogP contribution in [0.5, 0.6) is 0 Å². The summed E-state index contributed by atoms with van der Waals surface area (Å²) in [7, 11) is 0. The van der Waals surface area contributed by atoms with Gasteiger partial charge in [0.05, 0.1) is 5.69 Å². The van der Waals surface area contributed by atoms with Crippen LogP contribution in [0, 0.1) is 6.92 Å². The smallest absolute Gasteiger partial charge is 0.248 e. The maximum atomic E-state index is 5.56. The number of nitrogens with one attached hydrogen (secondary N) is 1. The standard InChI is InChI=1S/C20H18N4O2/c1-14-12-17(23-25-14)13-21-18(15-8-4-2-5-9-15)20-22-19(24-26-20)16-10-6-3-7-11-16/h2-12,18,21H,13H2,1H3. The zero-order valence-corrected chi connectivity index (χ0v) is 14.3. The van der Waals surface area contributed by atoms with E-state index < -0.39 is 0 Å². The molecule has 4 aromatic rings. The van der Waals surface area contributed by atoms with Gasteiger partial charge in [0.15, 0.2) is 0 Å². The Kier molecular flexibility index (Phi) is 4.57. The Morgan fingerprint density at radius 3 is 2.35 bits per heavy atom. The summed E-state index contributed by atoms with van der Waals surface area (Å²) in [6.07, 6.45) is 0. The van der Waals surface area contributed by atoms with Gasteiger partial charge < -0.3 is 9.05 Å². The van der Waals surface area contributed by atoms with Gasteiger partial charge >= 0.3 is 0 Å². The lowest BCUT2D eigenvalue weighted by molar-refractivity contribution is 0.344. The van der Waals surface area contributed by atoms with Gasteiger partial charge in [-0.25, -0.2) is 0 Å². The highest BCUT2D eigenvalue weighted by Gasteiger charge is 2.21. The number of benzene rings is 2. The van der Waals surface area contributed by atoms with E-state index in [4.69, 9.17) is 9.05 Å². The van der Waals surface area contributed by atoms with Crippen molar-refractivity contribution in [2.24, 2.45) is 0 Å². The van der Waals surface area contributed by atoms with Crippen molar-refractivity contribution in [3.05, 3.63) is 89.6 Å². The zero-order chi connectivity index (χ0) is 17.8. The molecule has 0 aliphatic rings. The summed E-state index contributed by atoms with van der Waals surface area (Å²) in [4.78, 5) is 4.59. The molecule has 0 radical (unpaired) electrons. The van der Waals surface area contributed by atoms with Gasteiger partial charge in [0.1, 0.15) is 11.8 Å². The zero-order valence-electron chi connectivity index (χ0n) is 14.3. The van der Waals surface area contributed by atoms with Crippen molar-refractivity contribution in [1.29, 1.82) is 0 Å². The quantitative estimate of drug-likeness (QED) is 0.570. The van der Waals surface area contributed by atoms with E-state index in [1.165, 1.54) is 0 Å². The second kappa shape index (κ2) is 7.33. The van der Waals surface area contributed by atoms with Crippen LogP contribution < -0.4 is 5.32 Å². The molecule has 0 aliphatic heterocycles. The number of rotatable bonds is 6. The minimum absolute atomic E-state index is 0.238. The number of nitrogens with zero attached hydrogens (tertiary/aromatic N) is 3. The molecule has 6 nitrogen and oxygen atoms in total. The summed E-state index contributed by atoms with van der Waals surface area (Å²) < 4.78 is 10.7. The third-order valence-electron chi connectivity index (χ3n) is 4.02. The van der Waals surface area contributed by atoms with Crippen molar-refractivity contribution in [2.75, 3.05) is 0 Å². The molecule has 0 amide bonds. The normalized spacial score (nSPS) is 12.2. The second-order valence-electron chi connectivity index (χ2n) is 5.98. The number of hydrogen-bond acceptors (Lipinski definition) is 6. The molecule has 0 bridgehead atoms. The monoisotopic (exact) mass is 346 g/mol. The van der Waals surface area contributed by atoms with E-state index in [9.17, 15) is 0 Å². The number of hydrogen-bond donors (Lipinski definition) is 1. The summed E-state index contributed by atoms with van der Waals surface area (Å²) in [6, 6.07) is 21.4. The van der Waals surface area contributed by atoms with Gasteiger partial charge in [-0.1, -0.05) is 71.0 Å². The maximum absolute atomic E-state index is 5.56. The summed E-state index contributed by atoms with van der Waals surface area (Å²) in [5.74, 6) is 1.86. The lowest BCUT2D eigenvalue weighted by Crippen LogP contribution is -2.22. The van der Waals surface area contributed by atoms with Crippen LogP contribution in [0.2, 0.25) is 0 Å². The third-order valence-corrected chi connectivity index (χ3v) is 4.02. The fourth-order valence-electron chi connectivity index (χ4n) is 2.76. The summed E-state index contributed by atoms with van der Waals surface area (Å²) in [5.41, 5.74) is 2.78. The Hall–Kier alpha value is -3.25. The Balaban J connectivity index is 1.61. The molecule has 1 N–H and O–H groups in total. The molecule has 2 heterocycles. The third kappa shape index (κ3) is 3.55. The van der Waals surface area contributed by atoms with Crippen molar-refractivity contribution in [3.63, 3.8) is 0 Å². The van der Waals surface area contributed by atoms with Crippen LogP contribution in [0.1, 0.15) is 29.0 Å². The number of aryl methyl sites for hydroxylation is 1. The van der Waals surface area contributed by atoms with E-state index in [0.29, 0.717) is 18.3 Å². The average molecular weight is 346 g/mol. The molecular formula is C20H18N4O2. The summed E-state index contributed by atoms with van der Waals surface area (Å²) >= 11 is 0. The topological polar surface area (TPSA) is 77.0 Å². The van der Waals surface area contributed by atoms with Crippen molar-refractivity contribution in [2.45, 2.75) is 19.5 Å². The highest BCUT2D eigenvalue weighted by molar-refractivity contribution is 5.53. The van der Waals surface area contributed by atoms with Crippen LogP contribution in [-0.4, -0.2) is 15.3 Å². The van der Waals surface area contributed by atoms with Crippen LogP contribution in [0.3, 0.4) is 0 Å². The fourth-order valence-corrected chi connectivity index (χ4v) is 2.76. The molecule has 130 valence electrons. The van der Waals surface area contributed by atoms with Crippen LogP contribution >= 0.6 is 0 Å². The van der Waals surface area contributed by atoms with E-state index in [0.717, 1.165) is 22.6 Å². The van der Waals surface area contributed by atoms with E-state index in [1.807, 2.05) is 73.7 Å². The van der Waals surface area contributed by atoms with Crippen molar-refractivity contribution in [3.8, 4) is 11.4 Å². The first-order valence-electron chi connectivity index (χ1n) is 8.39. The second-order valence-corrected chi connectivity index (χ2v) is 5.98. The van der Waals surface area contributed by atoms with Crippen molar-refractivity contribution in [1.82, 2.24) is 20.6 Å². The highest BCUT2D eigenvalue weighted by Crippen LogP contribution is 2.24. The Bertz CT molecular complexity index is 964.